The Labute approximate surface area is 97.3 Å². The van der Waals surface area contributed by atoms with E-state index < -0.39 is 0 Å². The fraction of sp³-hybridized carbons (Fsp3) is 0.538. The predicted octanol–water partition coefficient (Wildman–Crippen LogP) is 3.03. The van der Waals surface area contributed by atoms with Gasteiger partial charge in [-0.15, -0.1) is 0 Å². The summed E-state index contributed by atoms with van der Waals surface area (Å²) in [5, 5.41) is 0. The number of halogens is 1. The van der Waals surface area contributed by atoms with Gasteiger partial charge in [0.2, 0.25) is 0 Å². The first-order valence-corrected chi connectivity index (χ1v) is 5.93. The van der Waals surface area contributed by atoms with Gasteiger partial charge in [-0.25, -0.2) is 4.39 Å². The second kappa shape index (κ2) is 6.48. The Kier molecular flexibility index (Phi) is 5.26. The summed E-state index contributed by atoms with van der Waals surface area (Å²) in [5.41, 5.74) is 7.07. The summed E-state index contributed by atoms with van der Waals surface area (Å²) in [6.45, 7) is 7.12. The molecule has 2 N–H and O–H groups in total. The fourth-order valence-electron chi connectivity index (χ4n) is 1.76. The second-order valence-electron chi connectivity index (χ2n) is 4.12. The standard InChI is InChI=1S/C13H21FN2/c1-3-5-6-16(4-2)10-11-7-12(14)9-13(15)8-11/h7-9H,3-6,10,15H2,1-2H3. The number of nitrogens with zero attached hydrogens (tertiary/aromatic N) is 1. The van der Waals surface area contributed by atoms with Crippen LogP contribution in [0.5, 0.6) is 0 Å². The van der Waals surface area contributed by atoms with E-state index in [0.717, 1.165) is 25.2 Å². The van der Waals surface area contributed by atoms with Crippen LogP contribution in [0.1, 0.15) is 32.3 Å². The number of rotatable bonds is 6. The predicted molar refractivity (Wildman–Crippen MR) is 66.7 cm³/mol. The van der Waals surface area contributed by atoms with Gasteiger partial charge in [-0.05, 0) is 43.3 Å². The zero-order chi connectivity index (χ0) is 12.0. The fourth-order valence-corrected chi connectivity index (χ4v) is 1.76. The molecule has 16 heavy (non-hydrogen) atoms. The molecule has 0 unspecified atom stereocenters. The summed E-state index contributed by atoms with van der Waals surface area (Å²) < 4.78 is 13.1. The van der Waals surface area contributed by atoms with Crippen molar-refractivity contribution in [3.8, 4) is 0 Å². The molecule has 0 heterocycles. The Morgan fingerprint density at radius 1 is 1.25 bits per heavy atom. The van der Waals surface area contributed by atoms with Crippen molar-refractivity contribution in [2.24, 2.45) is 0 Å². The molecule has 0 aliphatic heterocycles. The highest BCUT2D eigenvalue weighted by Crippen LogP contribution is 2.13. The molecule has 0 aromatic heterocycles. The third-order valence-corrected chi connectivity index (χ3v) is 2.66. The number of nitrogens with two attached hydrogens (primary N) is 1. The van der Waals surface area contributed by atoms with Gasteiger partial charge in [0.15, 0.2) is 0 Å². The Morgan fingerprint density at radius 3 is 2.56 bits per heavy atom. The highest BCUT2D eigenvalue weighted by atomic mass is 19.1. The zero-order valence-electron chi connectivity index (χ0n) is 10.2. The van der Waals surface area contributed by atoms with Crippen LogP contribution < -0.4 is 5.73 Å². The van der Waals surface area contributed by atoms with Crippen LogP contribution in [0.2, 0.25) is 0 Å². The summed E-state index contributed by atoms with van der Waals surface area (Å²) in [4.78, 5) is 2.30. The maximum absolute atomic E-state index is 13.1. The minimum atomic E-state index is -0.249. The Bertz CT molecular complexity index is 305. The minimum Gasteiger partial charge on any atom is -0.399 e. The van der Waals surface area contributed by atoms with E-state index in [0.29, 0.717) is 5.69 Å². The molecule has 1 aromatic carbocycles. The monoisotopic (exact) mass is 224 g/mol. The van der Waals surface area contributed by atoms with Crippen molar-refractivity contribution < 1.29 is 4.39 Å². The van der Waals surface area contributed by atoms with Crippen molar-refractivity contribution >= 4 is 5.69 Å². The number of unbranched alkanes of at least 4 members (excludes halogenated alkanes) is 1. The first-order valence-electron chi connectivity index (χ1n) is 5.93. The average Bonchev–Trinajstić information content (AvgIpc) is 2.22. The molecule has 2 nitrogen and oxygen atoms in total. The van der Waals surface area contributed by atoms with E-state index >= 15 is 0 Å². The highest BCUT2D eigenvalue weighted by Gasteiger charge is 2.05. The Balaban J connectivity index is 2.62. The molecule has 3 heteroatoms. The lowest BCUT2D eigenvalue weighted by Crippen LogP contribution is -2.24. The second-order valence-corrected chi connectivity index (χ2v) is 4.12. The molecule has 0 aliphatic rings. The Morgan fingerprint density at radius 2 is 2.00 bits per heavy atom. The van der Waals surface area contributed by atoms with Crippen molar-refractivity contribution in [1.29, 1.82) is 0 Å². The molecular weight excluding hydrogens is 203 g/mol. The number of hydrogen-bond donors (Lipinski definition) is 1. The molecule has 0 bridgehead atoms. The van der Waals surface area contributed by atoms with Crippen LogP contribution in [0, 0.1) is 5.82 Å². The van der Waals surface area contributed by atoms with Gasteiger partial charge in [-0.3, -0.25) is 4.90 Å². The van der Waals surface area contributed by atoms with E-state index in [-0.39, 0.29) is 5.82 Å². The van der Waals surface area contributed by atoms with Gasteiger partial charge in [0.05, 0.1) is 0 Å². The lowest BCUT2D eigenvalue weighted by Gasteiger charge is -2.20. The summed E-state index contributed by atoms with van der Waals surface area (Å²) in [6.07, 6.45) is 2.36. The van der Waals surface area contributed by atoms with Crippen molar-refractivity contribution in [2.45, 2.75) is 33.2 Å². The SMILES string of the molecule is CCCCN(CC)Cc1cc(N)cc(F)c1. The van der Waals surface area contributed by atoms with Crippen LogP contribution in [-0.4, -0.2) is 18.0 Å². The zero-order valence-corrected chi connectivity index (χ0v) is 10.2. The van der Waals surface area contributed by atoms with E-state index in [2.05, 4.69) is 18.7 Å². The molecule has 90 valence electrons. The first kappa shape index (κ1) is 13.0. The molecule has 0 spiro atoms. The van der Waals surface area contributed by atoms with Crippen molar-refractivity contribution in [1.82, 2.24) is 4.90 Å². The topological polar surface area (TPSA) is 29.3 Å². The van der Waals surface area contributed by atoms with E-state index in [1.54, 1.807) is 6.07 Å². The summed E-state index contributed by atoms with van der Waals surface area (Å²) >= 11 is 0. The highest BCUT2D eigenvalue weighted by molar-refractivity contribution is 5.41. The largest absolute Gasteiger partial charge is 0.399 e. The summed E-state index contributed by atoms with van der Waals surface area (Å²) in [7, 11) is 0. The molecule has 0 atom stereocenters. The number of benzene rings is 1. The van der Waals surface area contributed by atoms with Crippen molar-refractivity contribution in [3.63, 3.8) is 0 Å². The van der Waals surface area contributed by atoms with Crippen molar-refractivity contribution in [3.05, 3.63) is 29.6 Å². The van der Waals surface area contributed by atoms with Crippen molar-refractivity contribution in [2.75, 3.05) is 18.8 Å². The van der Waals surface area contributed by atoms with Crippen LogP contribution in [-0.2, 0) is 6.54 Å². The lowest BCUT2D eigenvalue weighted by molar-refractivity contribution is 0.275. The maximum atomic E-state index is 13.1. The normalized spacial score (nSPS) is 11.0. The molecular formula is C13H21FN2. The number of hydrogen-bond acceptors (Lipinski definition) is 2. The van der Waals surface area contributed by atoms with Gasteiger partial charge >= 0.3 is 0 Å². The van der Waals surface area contributed by atoms with Crippen LogP contribution >= 0.6 is 0 Å². The van der Waals surface area contributed by atoms with Crippen LogP contribution in [0.4, 0.5) is 10.1 Å². The van der Waals surface area contributed by atoms with Gasteiger partial charge in [0, 0.05) is 12.2 Å². The molecule has 1 aromatic rings. The van der Waals surface area contributed by atoms with Gasteiger partial charge in [0.25, 0.3) is 0 Å². The van der Waals surface area contributed by atoms with Gasteiger partial charge in [-0.1, -0.05) is 20.3 Å². The molecule has 0 amide bonds. The van der Waals surface area contributed by atoms with Crippen LogP contribution in [0.3, 0.4) is 0 Å². The molecule has 0 fully saturated rings. The molecule has 0 radical (unpaired) electrons. The third-order valence-electron chi connectivity index (χ3n) is 2.66. The quantitative estimate of drug-likeness (QED) is 0.753. The molecule has 0 aliphatic carbocycles. The molecule has 0 saturated carbocycles. The average molecular weight is 224 g/mol. The minimum absolute atomic E-state index is 0.249. The van der Waals surface area contributed by atoms with Crippen LogP contribution in [0.15, 0.2) is 18.2 Å². The smallest absolute Gasteiger partial charge is 0.125 e. The third kappa shape index (κ3) is 4.19. The van der Waals surface area contributed by atoms with Gasteiger partial charge < -0.3 is 5.73 Å². The number of anilines is 1. The van der Waals surface area contributed by atoms with Gasteiger partial charge in [-0.2, -0.15) is 0 Å². The molecule has 0 saturated heterocycles. The van der Waals surface area contributed by atoms with E-state index in [9.17, 15) is 4.39 Å². The number of nitrogen functional groups attached to an aromatic ring is 1. The maximum Gasteiger partial charge on any atom is 0.125 e. The first-order chi connectivity index (χ1) is 7.65. The van der Waals surface area contributed by atoms with E-state index in [1.165, 1.54) is 18.9 Å². The molecule has 1 rings (SSSR count). The Hall–Kier alpha value is -1.09. The lowest BCUT2D eigenvalue weighted by atomic mass is 10.1. The van der Waals surface area contributed by atoms with E-state index in [4.69, 9.17) is 5.73 Å². The summed E-state index contributed by atoms with van der Waals surface area (Å²) in [5.74, 6) is -0.249. The summed E-state index contributed by atoms with van der Waals surface area (Å²) in [6, 6.07) is 4.76. The van der Waals surface area contributed by atoms with Gasteiger partial charge in [0.1, 0.15) is 5.82 Å². The van der Waals surface area contributed by atoms with Crippen LogP contribution in [0.25, 0.3) is 0 Å². The van der Waals surface area contributed by atoms with E-state index in [1.807, 2.05) is 6.07 Å².